The zero-order valence-electron chi connectivity index (χ0n) is 17.4. The third-order valence-electron chi connectivity index (χ3n) is 4.88. The molecule has 0 saturated carbocycles. The fourth-order valence-corrected chi connectivity index (χ4v) is 3.28. The van der Waals surface area contributed by atoms with Crippen molar-refractivity contribution in [3.8, 4) is 22.8 Å². The first-order valence-electron chi connectivity index (χ1n) is 9.70. The number of aryl methyl sites for hydroxylation is 2. The van der Waals surface area contributed by atoms with Crippen LogP contribution in [-0.4, -0.2) is 27.8 Å². The lowest BCUT2D eigenvalue weighted by atomic mass is 10.1. The van der Waals surface area contributed by atoms with Crippen LogP contribution < -0.4 is 10.1 Å². The minimum Gasteiger partial charge on any atom is -0.497 e. The van der Waals surface area contributed by atoms with Gasteiger partial charge in [0.05, 0.1) is 12.8 Å². The summed E-state index contributed by atoms with van der Waals surface area (Å²) in [6, 6.07) is 20.7. The van der Waals surface area contributed by atoms with Gasteiger partial charge in [0, 0.05) is 16.3 Å². The number of nitrogens with zero attached hydrogens (tertiary/aromatic N) is 3. The van der Waals surface area contributed by atoms with Crippen LogP contribution in [0.1, 0.15) is 21.7 Å². The van der Waals surface area contributed by atoms with Crippen molar-refractivity contribution in [1.82, 2.24) is 14.8 Å². The number of ether oxygens (including phenoxy) is 1. The number of anilines is 1. The number of nitrogens with one attached hydrogen (secondary N) is 1. The minimum atomic E-state index is -0.411. The normalized spacial score (nSPS) is 10.7. The number of carbonyl (C=O) groups excluding carboxylic acids is 1. The summed E-state index contributed by atoms with van der Waals surface area (Å²) in [7, 11) is 1.61. The van der Waals surface area contributed by atoms with Crippen LogP contribution in [0.3, 0.4) is 0 Å². The summed E-state index contributed by atoms with van der Waals surface area (Å²) in [5.41, 5.74) is 4.27. The molecule has 1 N–H and O–H groups in total. The molecule has 4 rings (SSSR count). The maximum atomic E-state index is 12.9. The Bertz CT molecular complexity index is 1230. The van der Waals surface area contributed by atoms with Gasteiger partial charge in [0.2, 0.25) is 5.82 Å². The van der Waals surface area contributed by atoms with Gasteiger partial charge in [-0.05, 0) is 55.8 Å². The average Bonchev–Trinajstić information content (AvgIpc) is 3.22. The Hall–Kier alpha value is -3.64. The number of benzene rings is 3. The van der Waals surface area contributed by atoms with Gasteiger partial charge in [-0.15, -0.1) is 5.10 Å². The lowest BCUT2D eigenvalue weighted by molar-refractivity contribution is 0.101. The monoisotopic (exact) mass is 432 g/mol. The van der Waals surface area contributed by atoms with E-state index in [0.717, 1.165) is 28.1 Å². The highest BCUT2D eigenvalue weighted by Gasteiger charge is 2.19. The van der Waals surface area contributed by atoms with Crippen LogP contribution in [0.5, 0.6) is 5.75 Å². The van der Waals surface area contributed by atoms with Gasteiger partial charge in [-0.25, -0.2) is 9.67 Å². The van der Waals surface area contributed by atoms with E-state index in [2.05, 4.69) is 15.4 Å². The molecule has 0 radical (unpaired) electrons. The van der Waals surface area contributed by atoms with Crippen molar-refractivity contribution in [1.29, 1.82) is 0 Å². The predicted molar refractivity (Wildman–Crippen MR) is 122 cm³/mol. The highest BCUT2D eigenvalue weighted by molar-refractivity contribution is 6.31. The molecule has 0 bridgehead atoms. The number of aromatic nitrogens is 3. The maximum absolute atomic E-state index is 12.9. The molecule has 1 amide bonds. The molecule has 0 unspecified atom stereocenters. The maximum Gasteiger partial charge on any atom is 0.295 e. The highest BCUT2D eigenvalue weighted by atomic mass is 35.5. The number of carbonyl (C=O) groups is 1. The van der Waals surface area contributed by atoms with E-state index in [0.29, 0.717) is 16.5 Å². The fraction of sp³-hybridized carbons (Fsp3) is 0.125. The van der Waals surface area contributed by atoms with Crippen LogP contribution >= 0.6 is 11.6 Å². The topological polar surface area (TPSA) is 69.0 Å². The van der Waals surface area contributed by atoms with Gasteiger partial charge in [0.15, 0.2) is 5.82 Å². The van der Waals surface area contributed by atoms with E-state index < -0.39 is 5.91 Å². The first-order chi connectivity index (χ1) is 14.9. The molecule has 0 fully saturated rings. The average molecular weight is 433 g/mol. The molecular weight excluding hydrogens is 412 g/mol. The molecule has 31 heavy (non-hydrogen) atoms. The summed E-state index contributed by atoms with van der Waals surface area (Å²) in [4.78, 5) is 17.5. The Labute approximate surface area is 185 Å². The standard InChI is InChI=1S/C24H21ClN4O2/c1-15-4-7-17(8-5-15)23-27-22(24(30)26-21-14-18(25)9-6-16(21)2)28-29(23)19-10-12-20(31-3)13-11-19/h4-14H,1-3H3,(H,26,30). The molecule has 3 aromatic carbocycles. The van der Waals surface area contributed by atoms with Crippen molar-refractivity contribution in [3.63, 3.8) is 0 Å². The molecule has 0 aliphatic heterocycles. The number of methoxy groups -OCH3 is 1. The van der Waals surface area contributed by atoms with Gasteiger partial charge in [-0.3, -0.25) is 4.79 Å². The molecule has 0 atom stereocenters. The van der Waals surface area contributed by atoms with Crippen LogP contribution in [0.4, 0.5) is 5.69 Å². The largest absolute Gasteiger partial charge is 0.497 e. The molecule has 0 aliphatic rings. The van der Waals surface area contributed by atoms with E-state index in [-0.39, 0.29) is 5.82 Å². The van der Waals surface area contributed by atoms with Crippen LogP contribution in [0.2, 0.25) is 5.02 Å². The predicted octanol–water partition coefficient (Wildman–Crippen LogP) is 5.47. The van der Waals surface area contributed by atoms with Crippen molar-refractivity contribution in [2.45, 2.75) is 13.8 Å². The summed E-state index contributed by atoms with van der Waals surface area (Å²) in [5.74, 6) is 0.949. The van der Waals surface area contributed by atoms with Gasteiger partial charge < -0.3 is 10.1 Å². The van der Waals surface area contributed by atoms with Gasteiger partial charge >= 0.3 is 0 Å². The highest BCUT2D eigenvalue weighted by Crippen LogP contribution is 2.25. The third kappa shape index (κ3) is 4.44. The third-order valence-corrected chi connectivity index (χ3v) is 5.12. The lowest BCUT2D eigenvalue weighted by Gasteiger charge is -2.07. The minimum absolute atomic E-state index is 0.0609. The zero-order chi connectivity index (χ0) is 22.0. The fourth-order valence-electron chi connectivity index (χ4n) is 3.11. The van der Waals surface area contributed by atoms with Crippen molar-refractivity contribution < 1.29 is 9.53 Å². The van der Waals surface area contributed by atoms with Gasteiger partial charge in [0.1, 0.15) is 5.75 Å². The number of hydrogen-bond acceptors (Lipinski definition) is 4. The summed E-state index contributed by atoms with van der Waals surface area (Å²) in [6.45, 7) is 3.91. The summed E-state index contributed by atoms with van der Waals surface area (Å²) in [6.07, 6.45) is 0. The smallest absolute Gasteiger partial charge is 0.295 e. The Kier molecular flexibility index (Phi) is 5.73. The van der Waals surface area contributed by atoms with Crippen LogP contribution in [0, 0.1) is 13.8 Å². The second-order valence-electron chi connectivity index (χ2n) is 7.15. The second kappa shape index (κ2) is 8.62. The van der Waals surface area contributed by atoms with E-state index in [1.54, 1.807) is 23.9 Å². The molecule has 1 aromatic heterocycles. The zero-order valence-corrected chi connectivity index (χ0v) is 18.1. The Morgan fingerprint density at radius 2 is 1.71 bits per heavy atom. The first kappa shape index (κ1) is 20.6. The van der Waals surface area contributed by atoms with Crippen molar-refractivity contribution in [2.75, 3.05) is 12.4 Å². The number of amides is 1. The van der Waals surface area contributed by atoms with Crippen molar-refractivity contribution in [2.24, 2.45) is 0 Å². The van der Waals surface area contributed by atoms with E-state index in [1.807, 2.05) is 68.4 Å². The van der Waals surface area contributed by atoms with E-state index in [4.69, 9.17) is 16.3 Å². The Balaban J connectivity index is 1.75. The number of hydrogen-bond donors (Lipinski definition) is 1. The van der Waals surface area contributed by atoms with Crippen molar-refractivity contribution in [3.05, 3.63) is 88.7 Å². The van der Waals surface area contributed by atoms with E-state index >= 15 is 0 Å². The van der Waals surface area contributed by atoms with Crippen molar-refractivity contribution >= 4 is 23.2 Å². The first-order valence-corrected chi connectivity index (χ1v) is 10.1. The molecule has 0 spiro atoms. The van der Waals surface area contributed by atoms with Gasteiger partial charge in [-0.2, -0.15) is 0 Å². The Morgan fingerprint density at radius 1 is 1.00 bits per heavy atom. The molecule has 0 saturated heterocycles. The second-order valence-corrected chi connectivity index (χ2v) is 7.58. The summed E-state index contributed by atoms with van der Waals surface area (Å²) in [5, 5.41) is 7.90. The molecule has 6 nitrogen and oxygen atoms in total. The van der Waals surface area contributed by atoms with Crippen LogP contribution in [0.25, 0.3) is 17.1 Å². The lowest BCUT2D eigenvalue weighted by Crippen LogP contribution is -2.15. The SMILES string of the molecule is COc1ccc(-n2nc(C(=O)Nc3cc(Cl)ccc3C)nc2-c2ccc(C)cc2)cc1. The van der Waals surface area contributed by atoms with Gasteiger partial charge in [0.25, 0.3) is 5.91 Å². The number of halogens is 1. The molecule has 0 aliphatic carbocycles. The van der Waals surface area contributed by atoms with Crippen LogP contribution in [-0.2, 0) is 0 Å². The molecule has 1 heterocycles. The molecule has 4 aromatic rings. The van der Waals surface area contributed by atoms with Gasteiger partial charge in [-0.1, -0.05) is 47.5 Å². The van der Waals surface area contributed by atoms with E-state index in [1.165, 1.54) is 0 Å². The number of rotatable bonds is 5. The molecule has 7 heteroatoms. The summed E-state index contributed by atoms with van der Waals surface area (Å²) < 4.78 is 6.90. The Morgan fingerprint density at radius 3 is 2.39 bits per heavy atom. The molecular formula is C24H21ClN4O2. The van der Waals surface area contributed by atoms with Crippen LogP contribution in [0.15, 0.2) is 66.7 Å². The van der Waals surface area contributed by atoms with E-state index in [9.17, 15) is 4.79 Å². The molecule has 156 valence electrons. The quantitative estimate of drug-likeness (QED) is 0.454. The summed E-state index contributed by atoms with van der Waals surface area (Å²) >= 11 is 6.08.